The van der Waals surface area contributed by atoms with Crippen molar-refractivity contribution in [1.29, 1.82) is 0 Å². The second kappa shape index (κ2) is 4.28. The van der Waals surface area contributed by atoms with Gasteiger partial charge in [-0.3, -0.25) is 9.59 Å². The van der Waals surface area contributed by atoms with Crippen molar-refractivity contribution in [1.82, 2.24) is 5.32 Å². The molecule has 1 aliphatic carbocycles. The molecule has 17 heavy (non-hydrogen) atoms. The molecule has 0 unspecified atom stereocenters. The van der Waals surface area contributed by atoms with Crippen LogP contribution in [0.4, 0.5) is 0 Å². The van der Waals surface area contributed by atoms with Gasteiger partial charge in [-0.15, -0.1) is 0 Å². The molecule has 3 heteroatoms. The van der Waals surface area contributed by atoms with Crippen LogP contribution in [-0.4, -0.2) is 18.1 Å². The van der Waals surface area contributed by atoms with Crippen LogP contribution in [0.1, 0.15) is 46.5 Å². The van der Waals surface area contributed by atoms with E-state index in [9.17, 15) is 9.59 Å². The summed E-state index contributed by atoms with van der Waals surface area (Å²) in [6.45, 7) is 7.12. The zero-order valence-corrected chi connectivity index (χ0v) is 10.9. The van der Waals surface area contributed by atoms with E-state index >= 15 is 0 Å². The predicted octanol–water partition coefficient (Wildman–Crippen LogP) is 2.22. The van der Waals surface area contributed by atoms with E-state index in [-0.39, 0.29) is 17.0 Å². The van der Waals surface area contributed by atoms with E-state index in [1.165, 1.54) is 0 Å². The van der Waals surface area contributed by atoms with Crippen molar-refractivity contribution >= 4 is 11.6 Å². The molecule has 2 aliphatic rings. The number of rotatable bonds is 1. The molecule has 1 heterocycles. The molecular weight excluding hydrogens is 214 g/mol. The van der Waals surface area contributed by atoms with E-state index in [1.54, 1.807) is 0 Å². The maximum Gasteiger partial charge on any atom is 0.168 e. The minimum atomic E-state index is -0.156. The maximum absolute atomic E-state index is 12.2. The lowest BCUT2D eigenvalue weighted by molar-refractivity contribution is -0.129. The molecule has 1 saturated carbocycles. The van der Waals surface area contributed by atoms with Crippen molar-refractivity contribution in [3.63, 3.8) is 0 Å². The van der Waals surface area contributed by atoms with Crippen LogP contribution in [0.2, 0.25) is 0 Å². The summed E-state index contributed by atoms with van der Waals surface area (Å²) in [7, 11) is 0. The van der Waals surface area contributed by atoms with Gasteiger partial charge in [0.15, 0.2) is 11.6 Å². The number of allylic oxidation sites excluding steroid dienone is 2. The number of hydrogen-bond donors (Lipinski definition) is 1. The molecule has 2 rings (SSSR count). The molecule has 0 radical (unpaired) electrons. The number of carbonyl (C=O) groups excluding carboxylic acids is 2. The third-order valence-electron chi connectivity index (χ3n) is 4.32. The average molecular weight is 235 g/mol. The molecular formula is C14H21NO2. The Kier molecular flexibility index (Phi) is 3.11. The predicted molar refractivity (Wildman–Crippen MR) is 66.5 cm³/mol. The van der Waals surface area contributed by atoms with Crippen molar-refractivity contribution in [2.45, 2.75) is 46.5 Å². The van der Waals surface area contributed by atoms with E-state index < -0.39 is 0 Å². The van der Waals surface area contributed by atoms with Gasteiger partial charge in [-0.2, -0.15) is 0 Å². The molecule has 94 valence electrons. The SMILES string of the molecule is CC(C)C1(C)CC(=O)C(=C2CCCN2)C(=O)C1. The highest BCUT2D eigenvalue weighted by Gasteiger charge is 2.42. The average Bonchev–Trinajstić information content (AvgIpc) is 2.69. The van der Waals surface area contributed by atoms with Gasteiger partial charge in [-0.05, 0) is 24.2 Å². The van der Waals surface area contributed by atoms with Gasteiger partial charge >= 0.3 is 0 Å². The first-order valence-corrected chi connectivity index (χ1v) is 6.47. The Morgan fingerprint density at radius 3 is 2.18 bits per heavy atom. The molecule has 0 bridgehead atoms. The van der Waals surface area contributed by atoms with Crippen LogP contribution < -0.4 is 5.32 Å². The fourth-order valence-electron chi connectivity index (χ4n) is 2.68. The van der Waals surface area contributed by atoms with Gasteiger partial charge < -0.3 is 5.32 Å². The molecule has 0 amide bonds. The van der Waals surface area contributed by atoms with Gasteiger partial charge in [0, 0.05) is 25.1 Å². The highest BCUT2D eigenvalue weighted by atomic mass is 16.2. The summed E-state index contributed by atoms with van der Waals surface area (Å²) in [5.41, 5.74) is 1.21. The molecule has 2 fully saturated rings. The summed E-state index contributed by atoms with van der Waals surface area (Å²) >= 11 is 0. The molecule has 0 spiro atoms. The summed E-state index contributed by atoms with van der Waals surface area (Å²) in [6, 6.07) is 0. The zero-order chi connectivity index (χ0) is 12.6. The number of hydrogen-bond acceptors (Lipinski definition) is 3. The Bertz CT molecular complexity index is 365. The smallest absolute Gasteiger partial charge is 0.168 e. The van der Waals surface area contributed by atoms with Crippen molar-refractivity contribution in [3.05, 3.63) is 11.3 Å². The first-order valence-electron chi connectivity index (χ1n) is 6.47. The Balaban J connectivity index is 2.29. The highest BCUT2D eigenvalue weighted by Crippen LogP contribution is 2.41. The molecule has 3 nitrogen and oxygen atoms in total. The van der Waals surface area contributed by atoms with Crippen LogP contribution >= 0.6 is 0 Å². The highest BCUT2D eigenvalue weighted by molar-refractivity contribution is 6.22. The number of nitrogens with one attached hydrogen (secondary N) is 1. The summed E-state index contributed by atoms with van der Waals surface area (Å²) < 4.78 is 0. The van der Waals surface area contributed by atoms with E-state index in [0.29, 0.717) is 24.3 Å². The minimum Gasteiger partial charge on any atom is -0.388 e. The van der Waals surface area contributed by atoms with E-state index in [2.05, 4.69) is 26.1 Å². The van der Waals surface area contributed by atoms with Gasteiger partial charge in [-0.1, -0.05) is 20.8 Å². The fourth-order valence-corrected chi connectivity index (χ4v) is 2.68. The third kappa shape index (κ3) is 2.15. The molecule has 1 N–H and O–H groups in total. The molecule has 0 aromatic heterocycles. The largest absolute Gasteiger partial charge is 0.388 e. The number of carbonyl (C=O) groups is 2. The third-order valence-corrected chi connectivity index (χ3v) is 4.32. The lowest BCUT2D eigenvalue weighted by atomic mass is 9.66. The van der Waals surface area contributed by atoms with Gasteiger partial charge in [0.05, 0.1) is 5.57 Å². The van der Waals surface area contributed by atoms with Gasteiger partial charge in [0.1, 0.15) is 0 Å². The van der Waals surface area contributed by atoms with Crippen LogP contribution in [0.25, 0.3) is 0 Å². The van der Waals surface area contributed by atoms with Crippen LogP contribution in [0.15, 0.2) is 11.3 Å². The Morgan fingerprint density at radius 1 is 1.18 bits per heavy atom. The van der Waals surface area contributed by atoms with Crippen molar-refractivity contribution in [2.24, 2.45) is 11.3 Å². The standard InChI is InChI=1S/C14H21NO2/c1-9(2)14(3)7-11(16)13(12(17)8-14)10-5-4-6-15-10/h9,15H,4-8H2,1-3H3. The lowest BCUT2D eigenvalue weighted by Gasteiger charge is -2.36. The van der Waals surface area contributed by atoms with E-state index in [4.69, 9.17) is 0 Å². The first kappa shape index (κ1) is 12.3. The topological polar surface area (TPSA) is 46.2 Å². The van der Waals surface area contributed by atoms with Gasteiger partial charge in [0.25, 0.3) is 0 Å². The van der Waals surface area contributed by atoms with Crippen molar-refractivity contribution < 1.29 is 9.59 Å². The summed E-state index contributed by atoms with van der Waals surface area (Å²) in [4.78, 5) is 24.4. The Morgan fingerprint density at radius 2 is 1.76 bits per heavy atom. The second-order valence-electron chi connectivity index (χ2n) is 5.89. The van der Waals surface area contributed by atoms with Crippen LogP contribution in [0.5, 0.6) is 0 Å². The fraction of sp³-hybridized carbons (Fsp3) is 0.714. The maximum atomic E-state index is 12.2. The minimum absolute atomic E-state index is 0.0434. The first-order chi connectivity index (χ1) is 7.94. The van der Waals surface area contributed by atoms with Crippen LogP contribution in [0, 0.1) is 11.3 Å². The molecule has 0 atom stereocenters. The lowest BCUT2D eigenvalue weighted by Crippen LogP contribution is -2.38. The number of ketones is 2. The van der Waals surface area contributed by atoms with Crippen LogP contribution in [-0.2, 0) is 9.59 Å². The normalized spacial score (nSPS) is 30.1. The molecule has 1 aliphatic heterocycles. The van der Waals surface area contributed by atoms with Gasteiger partial charge in [0.2, 0.25) is 0 Å². The van der Waals surface area contributed by atoms with Crippen molar-refractivity contribution in [3.8, 4) is 0 Å². The quantitative estimate of drug-likeness (QED) is 0.560. The zero-order valence-electron chi connectivity index (χ0n) is 10.9. The van der Waals surface area contributed by atoms with E-state index in [1.807, 2.05) is 0 Å². The molecule has 1 saturated heterocycles. The monoisotopic (exact) mass is 235 g/mol. The van der Waals surface area contributed by atoms with Gasteiger partial charge in [-0.25, -0.2) is 0 Å². The molecule has 0 aromatic rings. The van der Waals surface area contributed by atoms with Crippen LogP contribution in [0.3, 0.4) is 0 Å². The molecule has 0 aromatic carbocycles. The number of Topliss-reactive ketones (excluding diaryl/α,β-unsaturated/α-hetero) is 2. The Labute approximate surface area is 103 Å². The summed E-state index contributed by atoms with van der Waals surface area (Å²) in [6.07, 6.45) is 2.90. The Hall–Kier alpha value is -1.12. The summed E-state index contributed by atoms with van der Waals surface area (Å²) in [5, 5.41) is 3.18. The second-order valence-corrected chi connectivity index (χ2v) is 5.89. The van der Waals surface area contributed by atoms with E-state index in [0.717, 1.165) is 25.1 Å². The van der Waals surface area contributed by atoms with Crippen molar-refractivity contribution in [2.75, 3.05) is 6.54 Å². The summed E-state index contributed by atoms with van der Waals surface area (Å²) in [5.74, 6) is 0.446.